The lowest BCUT2D eigenvalue weighted by atomic mass is 9.64. The third-order valence-electron chi connectivity index (χ3n) is 8.14. The number of nitrogens with zero attached hydrogens (tertiary/aromatic N) is 1. The number of aryl methyl sites for hydroxylation is 1. The van der Waals surface area contributed by atoms with Gasteiger partial charge in [-0.1, -0.05) is 13.8 Å². The Bertz CT molecular complexity index is 932. The third-order valence-corrected chi connectivity index (χ3v) is 8.14. The molecule has 5 rings (SSSR count). The molecule has 0 unspecified atom stereocenters. The molecule has 2 saturated heterocycles. The van der Waals surface area contributed by atoms with Crippen LogP contribution in [-0.4, -0.2) is 59.8 Å². The van der Waals surface area contributed by atoms with Crippen LogP contribution in [0.2, 0.25) is 0 Å². The minimum absolute atomic E-state index is 0.139. The monoisotopic (exact) mass is 472 g/mol. The first-order valence-electron chi connectivity index (χ1n) is 12.6. The van der Waals surface area contributed by atoms with Crippen LogP contribution < -0.4 is 0 Å². The number of nitrogens with one attached hydrogen (secondary N) is 1. The van der Waals surface area contributed by atoms with Gasteiger partial charge in [0.15, 0.2) is 23.1 Å². The normalized spacial score (nSPS) is 24.0. The third kappa shape index (κ3) is 4.93. The summed E-state index contributed by atoms with van der Waals surface area (Å²) in [6.45, 7) is 6.55. The van der Waals surface area contributed by atoms with Gasteiger partial charge in [0.05, 0.1) is 11.3 Å². The summed E-state index contributed by atoms with van der Waals surface area (Å²) in [4.78, 5) is 47.9. The number of hydrogen-bond donors (Lipinski definition) is 1. The van der Waals surface area contributed by atoms with E-state index in [-0.39, 0.29) is 40.4 Å². The Hall–Kier alpha value is -2.19. The molecule has 2 aliphatic heterocycles. The van der Waals surface area contributed by atoms with Crippen LogP contribution in [0.5, 0.6) is 0 Å². The van der Waals surface area contributed by atoms with Crippen molar-refractivity contribution in [2.45, 2.75) is 78.1 Å². The number of aromatic amines is 1. The Morgan fingerprint density at radius 1 is 0.882 bits per heavy atom. The number of carbonyl (C=O) groups is 4. The largest absolute Gasteiger partial charge is 0.381 e. The number of Topliss-reactive ketones (excluding diaryl/α,β-unsaturated/α-hetero) is 4. The summed E-state index contributed by atoms with van der Waals surface area (Å²) in [6.07, 6.45) is 7.00. The summed E-state index contributed by atoms with van der Waals surface area (Å²) in [5.74, 6) is -1.25. The molecule has 0 radical (unpaired) electrons. The number of H-pyrrole nitrogens is 1. The molecule has 0 amide bonds. The van der Waals surface area contributed by atoms with E-state index in [0.29, 0.717) is 32.5 Å². The van der Waals surface area contributed by atoms with Gasteiger partial charge in [0.1, 0.15) is 5.92 Å². The lowest BCUT2D eigenvalue weighted by Crippen LogP contribution is -2.46. The fourth-order valence-corrected chi connectivity index (χ4v) is 6.06. The van der Waals surface area contributed by atoms with Crippen molar-refractivity contribution in [1.29, 1.82) is 0 Å². The van der Waals surface area contributed by atoms with E-state index in [2.05, 4.69) is 10.2 Å². The predicted octanol–water partition coefficient (Wildman–Crippen LogP) is 3.21. The first kappa shape index (κ1) is 24.9. The first-order valence-corrected chi connectivity index (χ1v) is 12.6. The standard InChI is InChI=1S/C13H18N2O2.C13H18O4/c1-2-9-12-10(15-14-9)7-13(8-11(12)16)3-5-17-6-4-13;1-2-9(14)12-10(15)7-13(8-11(12)16)3-5-17-6-4-13/h2-8H2,1H3,(H,14,15);12H,2-8H2,1H3. The molecule has 2 aliphatic carbocycles. The topological polar surface area (TPSA) is 115 Å². The quantitative estimate of drug-likeness (QED) is 0.672. The molecule has 2 spiro atoms. The number of ether oxygens (including phenoxy) is 2. The second-order valence-electron chi connectivity index (χ2n) is 10.4. The SMILES string of the molecule is CCC(=O)C1C(=O)CC2(CCOCC2)CC1=O.CCc1n[nH]c2c1C(=O)CC1(CCOCC1)C2. The highest BCUT2D eigenvalue weighted by molar-refractivity contribution is 6.20. The molecular formula is C26H36N2O6. The summed E-state index contributed by atoms with van der Waals surface area (Å²) < 4.78 is 10.7. The van der Waals surface area contributed by atoms with Crippen LogP contribution in [0.25, 0.3) is 0 Å². The number of fused-ring (bicyclic) bond motifs is 1. The minimum atomic E-state index is -0.964. The van der Waals surface area contributed by atoms with Gasteiger partial charge in [-0.05, 0) is 49.4 Å². The van der Waals surface area contributed by atoms with Gasteiger partial charge in [0, 0.05) is 57.8 Å². The van der Waals surface area contributed by atoms with Gasteiger partial charge < -0.3 is 9.47 Å². The van der Waals surface area contributed by atoms with Crippen molar-refractivity contribution >= 4 is 23.1 Å². The van der Waals surface area contributed by atoms with Gasteiger partial charge in [-0.3, -0.25) is 24.3 Å². The zero-order chi connectivity index (χ0) is 24.3. The maximum absolute atomic E-state index is 12.3. The molecule has 8 nitrogen and oxygen atoms in total. The van der Waals surface area contributed by atoms with Gasteiger partial charge in [-0.25, -0.2) is 0 Å². The van der Waals surface area contributed by atoms with E-state index in [4.69, 9.17) is 9.47 Å². The van der Waals surface area contributed by atoms with Crippen molar-refractivity contribution in [1.82, 2.24) is 10.2 Å². The molecule has 0 aromatic carbocycles. The van der Waals surface area contributed by atoms with Crippen molar-refractivity contribution in [2.75, 3.05) is 26.4 Å². The lowest BCUT2D eigenvalue weighted by Gasteiger charge is -2.40. The van der Waals surface area contributed by atoms with E-state index in [1.807, 2.05) is 6.92 Å². The van der Waals surface area contributed by atoms with Crippen LogP contribution in [0.3, 0.4) is 0 Å². The zero-order valence-electron chi connectivity index (χ0n) is 20.4. The smallest absolute Gasteiger partial charge is 0.167 e. The van der Waals surface area contributed by atoms with Gasteiger partial charge in [-0.2, -0.15) is 5.10 Å². The molecule has 1 saturated carbocycles. The number of ketones is 4. The van der Waals surface area contributed by atoms with Crippen LogP contribution in [0.1, 0.15) is 87.0 Å². The lowest BCUT2D eigenvalue weighted by molar-refractivity contribution is -0.148. The first-order chi connectivity index (χ1) is 16.3. The number of aromatic nitrogens is 2. The summed E-state index contributed by atoms with van der Waals surface area (Å²) in [5, 5.41) is 7.34. The van der Waals surface area contributed by atoms with E-state index < -0.39 is 5.92 Å². The average Bonchev–Trinajstić information content (AvgIpc) is 3.23. The Morgan fingerprint density at radius 3 is 1.91 bits per heavy atom. The number of carbonyl (C=O) groups excluding carboxylic acids is 4. The molecule has 1 aromatic rings. The van der Waals surface area contributed by atoms with E-state index in [1.54, 1.807) is 6.92 Å². The van der Waals surface area contributed by atoms with Crippen molar-refractivity contribution in [2.24, 2.45) is 16.7 Å². The van der Waals surface area contributed by atoms with Gasteiger partial charge >= 0.3 is 0 Å². The highest BCUT2D eigenvalue weighted by Gasteiger charge is 2.47. The van der Waals surface area contributed by atoms with Gasteiger partial charge in [-0.15, -0.1) is 0 Å². The summed E-state index contributed by atoms with van der Waals surface area (Å²) in [6, 6.07) is 0. The molecule has 186 valence electrons. The molecule has 4 aliphatic rings. The summed E-state index contributed by atoms with van der Waals surface area (Å²) >= 11 is 0. The molecule has 3 heterocycles. The maximum Gasteiger partial charge on any atom is 0.167 e. The van der Waals surface area contributed by atoms with E-state index in [0.717, 1.165) is 68.7 Å². The van der Waals surface area contributed by atoms with Gasteiger partial charge in [0.2, 0.25) is 0 Å². The van der Waals surface area contributed by atoms with Crippen LogP contribution >= 0.6 is 0 Å². The maximum atomic E-state index is 12.3. The Labute approximate surface area is 200 Å². The fourth-order valence-electron chi connectivity index (χ4n) is 6.06. The fraction of sp³-hybridized carbons (Fsp3) is 0.731. The Morgan fingerprint density at radius 2 is 1.41 bits per heavy atom. The molecular weight excluding hydrogens is 436 g/mol. The Kier molecular flexibility index (Phi) is 7.48. The van der Waals surface area contributed by atoms with Crippen molar-refractivity contribution in [3.63, 3.8) is 0 Å². The predicted molar refractivity (Wildman–Crippen MR) is 124 cm³/mol. The Balaban J connectivity index is 0.000000161. The molecule has 8 heteroatoms. The van der Waals surface area contributed by atoms with E-state index in [1.165, 1.54) is 0 Å². The molecule has 0 atom stereocenters. The average molecular weight is 473 g/mol. The van der Waals surface area contributed by atoms with E-state index >= 15 is 0 Å². The zero-order valence-corrected chi connectivity index (χ0v) is 20.4. The molecule has 34 heavy (non-hydrogen) atoms. The molecule has 1 aromatic heterocycles. The van der Waals surface area contributed by atoms with Crippen LogP contribution in [0, 0.1) is 16.7 Å². The highest BCUT2D eigenvalue weighted by atomic mass is 16.5. The number of rotatable bonds is 3. The highest BCUT2D eigenvalue weighted by Crippen LogP contribution is 2.44. The minimum Gasteiger partial charge on any atom is -0.381 e. The second-order valence-corrected chi connectivity index (χ2v) is 10.4. The van der Waals surface area contributed by atoms with Crippen LogP contribution in [0.15, 0.2) is 0 Å². The van der Waals surface area contributed by atoms with Crippen molar-refractivity contribution in [3.8, 4) is 0 Å². The van der Waals surface area contributed by atoms with Gasteiger partial charge in [0.25, 0.3) is 0 Å². The van der Waals surface area contributed by atoms with Crippen molar-refractivity contribution < 1.29 is 28.7 Å². The summed E-state index contributed by atoms with van der Waals surface area (Å²) in [7, 11) is 0. The second kappa shape index (κ2) is 10.2. The number of hydrogen-bond acceptors (Lipinski definition) is 7. The van der Waals surface area contributed by atoms with E-state index in [9.17, 15) is 19.2 Å². The van der Waals surface area contributed by atoms with Crippen LogP contribution in [-0.2, 0) is 36.7 Å². The van der Waals surface area contributed by atoms with Crippen LogP contribution in [0.4, 0.5) is 0 Å². The molecule has 0 bridgehead atoms. The molecule has 3 fully saturated rings. The molecule has 1 N–H and O–H groups in total. The summed E-state index contributed by atoms with van der Waals surface area (Å²) in [5.41, 5.74) is 2.80. The van der Waals surface area contributed by atoms with Crippen molar-refractivity contribution in [3.05, 3.63) is 17.0 Å².